The molecular formula is C18H26ClN3O2. The van der Waals surface area contributed by atoms with Crippen LogP contribution in [0.2, 0.25) is 5.15 Å². The van der Waals surface area contributed by atoms with E-state index in [0.29, 0.717) is 11.8 Å². The van der Waals surface area contributed by atoms with E-state index in [-0.39, 0.29) is 11.9 Å². The van der Waals surface area contributed by atoms with Gasteiger partial charge in [-0.15, -0.1) is 0 Å². The van der Waals surface area contributed by atoms with Crippen molar-refractivity contribution in [3.63, 3.8) is 0 Å². The average Bonchev–Trinajstić information content (AvgIpc) is 3.39. The Balaban J connectivity index is 1.65. The lowest BCUT2D eigenvalue weighted by atomic mass is 9.97. The SMILES string of the molecule is CCOC(=O)C1CCN(c2nc(CCC3CC3)c(C)nc2Cl)CC1. The quantitative estimate of drug-likeness (QED) is 0.733. The van der Waals surface area contributed by atoms with E-state index in [1.54, 1.807) is 0 Å². The maximum Gasteiger partial charge on any atom is 0.309 e. The summed E-state index contributed by atoms with van der Waals surface area (Å²) in [6, 6.07) is 0. The normalized spacial score (nSPS) is 18.7. The summed E-state index contributed by atoms with van der Waals surface area (Å²) in [6.45, 7) is 5.81. The van der Waals surface area contributed by atoms with E-state index in [0.717, 1.165) is 55.5 Å². The van der Waals surface area contributed by atoms with Gasteiger partial charge >= 0.3 is 5.97 Å². The van der Waals surface area contributed by atoms with Crippen LogP contribution in [0.1, 0.15) is 50.4 Å². The van der Waals surface area contributed by atoms with Gasteiger partial charge in [-0.2, -0.15) is 0 Å². The summed E-state index contributed by atoms with van der Waals surface area (Å²) in [7, 11) is 0. The molecule has 3 rings (SSSR count). The van der Waals surface area contributed by atoms with Crippen LogP contribution in [0, 0.1) is 18.8 Å². The summed E-state index contributed by atoms with van der Waals surface area (Å²) in [5, 5.41) is 0.470. The predicted molar refractivity (Wildman–Crippen MR) is 94.4 cm³/mol. The lowest BCUT2D eigenvalue weighted by Crippen LogP contribution is -2.37. The molecule has 0 atom stereocenters. The van der Waals surface area contributed by atoms with Crippen molar-refractivity contribution in [3.8, 4) is 0 Å². The lowest BCUT2D eigenvalue weighted by Gasteiger charge is -2.32. The average molecular weight is 352 g/mol. The summed E-state index contributed by atoms with van der Waals surface area (Å²) >= 11 is 6.35. The van der Waals surface area contributed by atoms with Crippen molar-refractivity contribution in [3.05, 3.63) is 16.5 Å². The summed E-state index contributed by atoms with van der Waals surface area (Å²) in [6.07, 6.45) is 6.45. The first-order valence-corrected chi connectivity index (χ1v) is 9.40. The van der Waals surface area contributed by atoms with Gasteiger partial charge in [0.15, 0.2) is 11.0 Å². The third-order valence-corrected chi connectivity index (χ3v) is 5.26. The number of hydrogen-bond acceptors (Lipinski definition) is 5. The zero-order valence-corrected chi connectivity index (χ0v) is 15.3. The van der Waals surface area contributed by atoms with Gasteiger partial charge in [0.1, 0.15) is 0 Å². The molecule has 24 heavy (non-hydrogen) atoms. The molecule has 1 aliphatic carbocycles. The molecule has 0 radical (unpaired) electrons. The first-order chi connectivity index (χ1) is 11.6. The van der Waals surface area contributed by atoms with Crippen molar-refractivity contribution in [2.45, 2.75) is 52.4 Å². The molecule has 1 saturated carbocycles. The van der Waals surface area contributed by atoms with E-state index in [1.165, 1.54) is 19.3 Å². The minimum atomic E-state index is -0.0802. The molecule has 1 aliphatic heterocycles. The number of nitrogens with zero attached hydrogens (tertiary/aromatic N) is 3. The number of hydrogen-bond donors (Lipinski definition) is 0. The van der Waals surface area contributed by atoms with Crippen LogP contribution in [0.4, 0.5) is 5.82 Å². The summed E-state index contributed by atoms with van der Waals surface area (Å²) in [4.78, 5) is 23.3. The van der Waals surface area contributed by atoms with E-state index in [9.17, 15) is 4.79 Å². The molecule has 0 aromatic carbocycles. The molecule has 132 valence electrons. The Morgan fingerprint density at radius 3 is 2.58 bits per heavy atom. The number of ether oxygens (including phenoxy) is 1. The van der Waals surface area contributed by atoms with Crippen LogP contribution in [0.25, 0.3) is 0 Å². The number of carbonyl (C=O) groups excluding carboxylic acids is 1. The molecule has 0 amide bonds. The van der Waals surface area contributed by atoms with Gasteiger partial charge in [0.25, 0.3) is 0 Å². The first-order valence-electron chi connectivity index (χ1n) is 9.03. The Kier molecular flexibility index (Phi) is 5.59. The van der Waals surface area contributed by atoms with Gasteiger partial charge in [-0.05, 0) is 45.4 Å². The fourth-order valence-electron chi connectivity index (χ4n) is 3.29. The van der Waals surface area contributed by atoms with Crippen LogP contribution in [0.15, 0.2) is 0 Å². The highest BCUT2D eigenvalue weighted by atomic mass is 35.5. The smallest absolute Gasteiger partial charge is 0.309 e. The fraction of sp³-hybridized carbons (Fsp3) is 0.722. The van der Waals surface area contributed by atoms with Gasteiger partial charge in [0.05, 0.1) is 23.9 Å². The monoisotopic (exact) mass is 351 g/mol. The van der Waals surface area contributed by atoms with Gasteiger partial charge in [0, 0.05) is 13.1 Å². The molecule has 5 nitrogen and oxygen atoms in total. The number of aromatic nitrogens is 2. The molecule has 1 saturated heterocycles. The summed E-state index contributed by atoms with van der Waals surface area (Å²) in [5.74, 6) is 1.57. The highest BCUT2D eigenvalue weighted by Crippen LogP contribution is 2.34. The maximum absolute atomic E-state index is 11.9. The molecule has 0 spiro atoms. The Morgan fingerprint density at radius 2 is 1.96 bits per heavy atom. The first kappa shape index (κ1) is 17.5. The van der Waals surface area contributed by atoms with E-state index in [2.05, 4.69) is 9.88 Å². The number of halogens is 1. The van der Waals surface area contributed by atoms with E-state index in [1.807, 2.05) is 13.8 Å². The second kappa shape index (κ2) is 7.68. The standard InChI is InChI=1S/C18H26ClN3O2/c1-3-24-18(23)14-8-10-22(11-9-14)17-16(19)20-12(2)15(21-17)7-6-13-4-5-13/h13-14H,3-11H2,1-2H3. The number of carbonyl (C=O) groups is 1. The highest BCUT2D eigenvalue weighted by molar-refractivity contribution is 6.31. The Labute approximate surface area is 148 Å². The third-order valence-electron chi connectivity index (χ3n) is 5.01. The number of esters is 1. The topological polar surface area (TPSA) is 55.3 Å². The maximum atomic E-state index is 11.9. The number of anilines is 1. The highest BCUT2D eigenvalue weighted by Gasteiger charge is 2.28. The van der Waals surface area contributed by atoms with Crippen molar-refractivity contribution in [1.82, 2.24) is 9.97 Å². The molecule has 2 aliphatic rings. The zero-order chi connectivity index (χ0) is 17.1. The lowest BCUT2D eigenvalue weighted by molar-refractivity contribution is -0.148. The fourth-order valence-corrected chi connectivity index (χ4v) is 3.58. The van der Waals surface area contributed by atoms with Gasteiger partial charge in [-0.3, -0.25) is 4.79 Å². The summed E-state index contributed by atoms with van der Waals surface area (Å²) in [5.41, 5.74) is 2.00. The molecular weight excluding hydrogens is 326 g/mol. The van der Waals surface area contributed by atoms with E-state index in [4.69, 9.17) is 21.3 Å². The van der Waals surface area contributed by atoms with Crippen molar-refractivity contribution >= 4 is 23.4 Å². The second-order valence-electron chi connectivity index (χ2n) is 6.87. The largest absolute Gasteiger partial charge is 0.466 e. The summed E-state index contributed by atoms with van der Waals surface area (Å²) < 4.78 is 5.13. The minimum absolute atomic E-state index is 0.00674. The van der Waals surface area contributed by atoms with Crippen molar-refractivity contribution in [2.75, 3.05) is 24.6 Å². The molecule has 2 fully saturated rings. The minimum Gasteiger partial charge on any atom is -0.466 e. The van der Waals surface area contributed by atoms with Gasteiger partial charge in [-0.1, -0.05) is 24.4 Å². The van der Waals surface area contributed by atoms with Gasteiger partial charge in [0.2, 0.25) is 0 Å². The Bertz CT molecular complexity index is 596. The number of aryl methyl sites for hydroxylation is 2. The van der Waals surface area contributed by atoms with Crippen molar-refractivity contribution in [2.24, 2.45) is 11.8 Å². The molecule has 2 heterocycles. The van der Waals surface area contributed by atoms with Crippen LogP contribution >= 0.6 is 11.6 Å². The van der Waals surface area contributed by atoms with Crippen LogP contribution in [-0.4, -0.2) is 35.6 Å². The van der Waals surface area contributed by atoms with Crippen molar-refractivity contribution in [1.29, 1.82) is 0 Å². The molecule has 1 aromatic rings. The second-order valence-corrected chi connectivity index (χ2v) is 7.22. The molecule has 6 heteroatoms. The van der Waals surface area contributed by atoms with Crippen LogP contribution in [0.5, 0.6) is 0 Å². The van der Waals surface area contributed by atoms with Crippen LogP contribution < -0.4 is 4.90 Å². The number of rotatable bonds is 6. The van der Waals surface area contributed by atoms with E-state index < -0.39 is 0 Å². The van der Waals surface area contributed by atoms with Crippen molar-refractivity contribution < 1.29 is 9.53 Å². The molecule has 0 N–H and O–H groups in total. The van der Waals surface area contributed by atoms with Gasteiger partial charge < -0.3 is 9.64 Å². The molecule has 0 unspecified atom stereocenters. The molecule has 0 bridgehead atoms. The molecule has 1 aromatic heterocycles. The third kappa shape index (κ3) is 4.18. The zero-order valence-electron chi connectivity index (χ0n) is 14.6. The van der Waals surface area contributed by atoms with Crippen LogP contribution in [0.3, 0.4) is 0 Å². The Hall–Kier alpha value is -1.36. The number of piperidine rings is 1. The van der Waals surface area contributed by atoms with E-state index >= 15 is 0 Å². The predicted octanol–water partition coefficient (Wildman–Crippen LogP) is 3.56. The van der Waals surface area contributed by atoms with Gasteiger partial charge in [-0.25, -0.2) is 9.97 Å². The Morgan fingerprint density at radius 1 is 1.25 bits per heavy atom. The van der Waals surface area contributed by atoms with Crippen LogP contribution in [-0.2, 0) is 16.0 Å².